The van der Waals surface area contributed by atoms with Gasteiger partial charge in [0.25, 0.3) is 0 Å². The van der Waals surface area contributed by atoms with Gasteiger partial charge in [0.05, 0.1) is 12.1 Å². The van der Waals surface area contributed by atoms with Gasteiger partial charge in [-0.25, -0.2) is 0 Å². The van der Waals surface area contributed by atoms with E-state index in [9.17, 15) is 0 Å². The molecule has 0 amide bonds. The van der Waals surface area contributed by atoms with Gasteiger partial charge in [-0.15, -0.1) is 0 Å². The zero-order valence-electron chi connectivity index (χ0n) is 12.0. The minimum absolute atomic E-state index is 0.213. The summed E-state index contributed by atoms with van der Waals surface area (Å²) in [5.41, 5.74) is 1.31. The summed E-state index contributed by atoms with van der Waals surface area (Å²) in [5.74, 6) is 0. The van der Waals surface area contributed by atoms with E-state index in [0.717, 1.165) is 26.0 Å². The van der Waals surface area contributed by atoms with Gasteiger partial charge in [0, 0.05) is 6.61 Å². The van der Waals surface area contributed by atoms with Crippen LogP contribution in [0.2, 0.25) is 0 Å². The van der Waals surface area contributed by atoms with E-state index in [1.165, 1.54) is 12.0 Å². The van der Waals surface area contributed by atoms with Gasteiger partial charge >= 0.3 is 0 Å². The molecule has 2 heteroatoms. The number of benzene rings is 1. The standard InChI is InChI=1S/C16H27NO/c1-4-6-13-18-14(3)16(17-12-5-2)15-10-8-7-9-11-15/h7-11,14,16-17H,4-6,12-13H2,1-3H3. The molecule has 1 rings (SSSR count). The highest BCUT2D eigenvalue weighted by Gasteiger charge is 2.18. The summed E-state index contributed by atoms with van der Waals surface area (Å²) in [5, 5.41) is 3.59. The molecule has 0 radical (unpaired) electrons. The predicted octanol–water partition coefficient (Wildman–Crippen LogP) is 3.93. The fraction of sp³-hybridized carbons (Fsp3) is 0.625. The van der Waals surface area contributed by atoms with Gasteiger partial charge in [0.1, 0.15) is 0 Å². The third-order valence-corrected chi connectivity index (χ3v) is 3.12. The summed E-state index contributed by atoms with van der Waals surface area (Å²) in [6.45, 7) is 8.43. The van der Waals surface area contributed by atoms with Crippen LogP contribution in [0.4, 0.5) is 0 Å². The first-order valence-electron chi connectivity index (χ1n) is 7.19. The average Bonchev–Trinajstić information content (AvgIpc) is 2.41. The fourth-order valence-electron chi connectivity index (χ4n) is 2.02. The summed E-state index contributed by atoms with van der Waals surface area (Å²) in [7, 11) is 0. The van der Waals surface area contributed by atoms with Crippen molar-refractivity contribution in [3.05, 3.63) is 35.9 Å². The van der Waals surface area contributed by atoms with E-state index in [2.05, 4.69) is 56.4 Å². The molecule has 18 heavy (non-hydrogen) atoms. The summed E-state index contributed by atoms with van der Waals surface area (Å²) in [6.07, 6.45) is 3.68. The molecule has 1 N–H and O–H groups in total. The van der Waals surface area contributed by atoms with Gasteiger partial charge in [-0.2, -0.15) is 0 Å². The van der Waals surface area contributed by atoms with Crippen molar-refractivity contribution in [2.45, 2.75) is 52.2 Å². The first kappa shape index (κ1) is 15.2. The molecule has 1 aromatic rings. The van der Waals surface area contributed by atoms with E-state index in [-0.39, 0.29) is 6.10 Å². The number of unbranched alkanes of at least 4 members (excludes halogenated alkanes) is 1. The summed E-state index contributed by atoms with van der Waals surface area (Å²) >= 11 is 0. The largest absolute Gasteiger partial charge is 0.377 e. The molecule has 0 aliphatic heterocycles. The molecule has 2 unspecified atom stereocenters. The molecule has 1 aromatic carbocycles. The van der Waals surface area contributed by atoms with Crippen LogP contribution >= 0.6 is 0 Å². The van der Waals surface area contributed by atoms with E-state index in [1.54, 1.807) is 0 Å². The Labute approximate surface area is 112 Å². The molecule has 0 saturated heterocycles. The van der Waals surface area contributed by atoms with Crippen LogP contribution in [-0.4, -0.2) is 19.3 Å². The first-order chi connectivity index (χ1) is 8.79. The van der Waals surface area contributed by atoms with Gasteiger partial charge < -0.3 is 10.1 Å². The Bertz CT molecular complexity index is 299. The summed E-state index contributed by atoms with van der Waals surface area (Å²) in [4.78, 5) is 0. The van der Waals surface area contributed by atoms with Crippen molar-refractivity contribution in [3.8, 4) is 0 Å². The lowest BCUT2D eigenvalue weighted by Crippen LogP contribution is -2.32. The zero-order valence-corrected chi connectivity index (χ0v) is 12.0. The maximum absolute atomic E-state index is 5.93. The molecular weight excluding hydrogens is 222 g/mol. The van der Waals surface area contributed by atoms with Gasteiger partial charge in [-0.3, -0.25) is 0 Å². The minimum Gasteiger partial charge on any atom is -0.377 e. The molecular formula is C16H27NO. The Morgan fingerprint density at radius 3 is 2.44 bits per heavy atom. The Morgan fingerprint density at radius 1 is 1.11 bits per heavy atom. The number of nitrogens with one attached hydrogen (secondary N) is 1. The van der Waals surface area contributed by atoms with Crippen LogP contribution in [0.15, 0.2) is 30.3 Å². The van der Waals surface area contributed by atoms with Crippen molar-refractivity contribution in [3.63, 3.8) is 0 Å². The van der Waals surface area contributed by atoms with Crippen LogP contribution in [-0.2, 0) is 4.74 Å². The maximum atomic E-state index is 5.93. The Morgan fingerprint density at radius 2 is 1.83 bits per heavy atom. The van der Waals surface area contributed by atoms with Crippen LogP contribution in [0.1, 0.15) is 51.6 Å². The molecule has 0 bridgehead atoms. The Hall–Kier alpha value is -0.860. The zero-order chi connectivity index (χ0) is 13.2. The van der Waals surface area contributed by atoms with Crippen molar-refractivity contribution >= 4 is 0 Å². The van der Waals surface area contributed by atoms with Crippen LogP contribution in [0, 0.1) is 0 Å². The third kappa shape index (κ3) is 5.19. The lowest BCUT2D eigenvalue weighted by atomic mass is 10.0. The van der Waals surface area contributed by atoms with Crippen molar-refractivity contribution in [1.29, 1.82) is 0 Å². The number of ether oxygens (including phenoxy) is 1. The van der Waals surface area contributed by atoms with Gasteiger partial charge in [-0.1, -0.05) is 50.6 Å². The van der Waals surface area contributed by atoms with Crippen molar-refractivity contribution in [2.75, 3.05) is 13.2 Å². The van der Waals surface area contributed by atoms with Crippen molar-refractivity contribution < 1.29 is 4.74 Å². The van der Waals surface area contributed by atoms with Crippen LogP contribution in [0.5, 0.6) is 0 Å². The predicted molar refractivity (Wildman–Crippen MR) is 77.8 cm³/mol. The second kappa shape index (κ2) is 9.12. The number of rotatable bonds is 9. The number of hydrogen-bond donors (Lipinski definition) is 1. The second-order valence-electron chi connectivity index (χ2n) is 4.77. The molecule has 0 aliphatic carbocycles. The van der Waals surface area contributed by atoms with E-state index in [4.69, 9.17) is 4.74 Å². The van der Waals surface area contributed by atoms with Crippen LogP contribution in [0.3, 0.4) is 0 Å². The maximum Gasteiger partial charge on any atom is 0.0741 e. The van der Waals surface area contributed by atoms with Crippen molar-refractivity contribution in [1.82, 2.24) is 5.32 Å². The lowest BCUT2D eigenvalue weighted by Gasteiger charge is -2.26. The number of hydrogen-bond acceptors (Lipinski definition) is 2. The fourth-order valence-corrected chi connectivity index (χ4v) is 2.02. The molecule has 0 heterocycles. The molecule has 0 saturated carbocycles. The summed E-state index contributed by atoms with van der Waals surface area (Å²) in [6, 6.07) is 10.9. The highest BCUT2D eigenvalue weighted by atomic mass is 16.5. The first-order valence-corrected chi connectivity index (χ1v) is 7.19. The molecule has 102 valence electrons. The normalized spacial score (nSPS) is 14.4. The highest BCUT2D eigenvalue weighted by Crippen LogP contribution is 2.19. The van der Waals surface area contributed by atoms with E-state index in [0.29, 0.717) is 6.04 Å². The molecule has 2 nitrogen and oxygen atoms in total. The third-order valence-electron chi connectivity index (χ3n) is 3.12. The quantitative estimate of drug-likeness (QED) is 0.669. The topological polar surface area (TPSA) is 21.3 Å². The van der Waals surface area contributed by atoms with Gasteiger partial charge in [-0.05, 0) is 31.9 Å². The summed E-state index contributed by atoms with van der Waals surface area (Å²) < 4.78 is 5.93. The van der Waals surface area contributed by atoms with E-state index >= 15 is 0 Å². The van der Waals surface area contributed by atoms with E-state index in [1.807, 2.05) is 0 Å². The van der Waals surface area contributed by atoms with Crippen molar-refractivity contribution in [2.24, 2.45) is 0 Å². The molecule has 0 aromatic heterocycles. The minimum atomic E-state index is 0.213. The van der Waals surface area contributed by atoms with Gasteiger partial charge in [0.15, 0.2) is 0 Å². The molecule has 0 spiro atoms. The van der Waals surface area contributed by atoms with Gasteiger partial charge in [0.2, 0.25) is 0 Å². The smallest absolute Gasteiger partial charge is 0.0741 e. The Balaban J connectivity index is 2.59. The monoisotopic (exact) mass is 249 g/mol. The van der Waals surface area contributed by atoms with Crippen LogP contribution in [0.25, 0.3) is 0 Å². The Kier molecular flexibility index (Phi) is 7.70. The SMILES string of the molecule is CCCCOC(C)C(NCCC)c1ccccc1. The molecule has 0 fully saturated rings. The van der Waals surface area contributed by atoms with Crippen LogP contribution < -0.4 is 5.32 Å². The average molecular weight is 249 g/mol. The molecule has 0 aliphatic rings. The second-order valence-corrected chi connectivity index (χ2v) is 4.77. The highest BCUT2D eigenvalue weighted by molar-refractivity contribution is 5.19. The molecule has 2 atom stereocenters. The lowest BCUT2D eigenvalue weighted by molar-refractivity contribution is 0.0368. The van der Waals surface area contributed by atoms with E-state index < -0.39 is 0 Å².